The van der Waals surface area contributed by atoms with Crippen LogP contribution in [-0.4, -0.2) is 31.5 Å². The van der Waals surface area contributed by atoms with E-state index in [0.29, 0.717) is 6.42 Å². The van der Waals surface area contributed by atoms with Gasteiger partial charge in [0, 0.05) is 24.7 Å². The van der Waals surface area contributed by atoms with Crippen molar-refractivity contribution in [1.82, 2.24) is 4.98 Å². The SMILES string of the molecule is CS(=O)(=O)CCC(N)CCc1ccncc1. The van der Waals surface area contributed by atoms with Crippen molar-refractivity contribution in [1.29, 1.82) is 0 Å². The monoisotopic (exact) mass is 242 g/mol. The summed E-state index contributed by atoms with van der Waals surface area (Å²) in [6.07, 6.45) is 6.94. The Bertz CT molecular complexity index is 403. The summed E-state index contributed by atoms with van der Waals surface area (Å²) in [5.74, 6) is 0.171. The molecule has 0 aliphatic heterocycles. The van der Waals surface area contributed by atoms with Gasteiger partial charge >= 0.3 is 0 Å². The zero-order chi connectivity index (χ0) is 12.0. The first-order valence-corrected chi connectivity index (χ1v) is 7.35. The molecule has 16 heavy (non-hydrogen) atoms. The fourth-order valence-corrected chi connectivity index (χ4v) is 2.14. The van der Waals surface area contributed by atoms with Crippen molar-refractivity contribution in [2.24, 2.45) is 5.73 Å². The van der Waals surface area contributed by atoms with Gasteiger partial charge < -0.3 is 5.73 Å². The van der Waals surface area contributed by atoms with Crippen LogP contribution in [0.25, 0.3) is 0 Å². The van der Waals surface area contributed by atoms with E-state index in [1.54, 1.807) is 12.4 Å². The lowest BCUT2D eigenvalue weighted by atomic mass is 10.1. The molecule has 5 heteroatoms. The molecule has 1 aromatic heterocycles. The van der Waals surface area contributed by atoms with Crippen LogP contribution in [0.15, 0.2) is 24.5 Å². The van der Waals surface area contributed by atoms with Crippen molar-refractivity contribution < 1.29 is 8.42 Å². The third-order valence-electron chi connectivity index (χ3n) is 2.41. The third-order valence-corrected chi connectivity index (χ3v) is 3.39. The summed E-state index contributed by atoms with van der Waals surface area (Å²) in [4.78, 5) is 3.93. The standard InChI is InChI=1S/C11H18N2O2S/c1-16(14,15)9-6-11(12)3-2-10-4-7-13-8-5-10/h4-5,7-8,11H,2-3,6,9,12H2,1H3. The van der Waals surface area contributed by atoms with Crippen LogP contribution in [0.5, 0.6) is 0 Å². The molecule has 0 spiro atoms. The number of nitrogens with two attached hydrogens (primary N) is 1. The summed E-state index contributed by atoms with van der Waals surface area (Å²) < 4.78 is 21.9. The van der Waals surface area contributed by atoms with Crippen molar-refractivity contribution in [2.45, 2.75) is 25.3 Å². The molecule has 0 aromatic carbocycles. The molecular formula is C11H18N2O2S. The van der Waals surface area contributed by atoms with Gasteiger partial charge in [0.2, 0.25) is 0 Å². The van der Waals surface area contributed by atoms with Crippen molar-refractivity contribution in [2.75, 3.05) is 12.0 Å². The maximum atomic E-state index is 10.9. The number of sulfone groups is 1. The summed E-state index contributed by atoms with van der Waals surface area (Å²) in [7, 11) is -2.89. The van der Waals surface area contributed by atoms with Crippen LogP contribution in [0.1, 0.15) is 18.4 Å². The van der Waals surface area contributed by atoms with Gasteiger partial charge in [-0.3, -0.25) is 4.98 Å². The molecule has 90 valence electrons. The molecule has 0 amide bonds. The summed E-state index contributed by atoms with van der Waals surface area (Å²) in [5.41, 5.74) is 7.03. The van der Waals surface area contributed by atoms with Crippen LogP contribution < -0.4 is 5.73 Å². The Labute approximate surface area is 96.8 Å². The van der Waals surface area contributed by atoms with E-state index in [2.05, 4.69) is 4.98 Å². The first-order valence-electron chi connectivity index (χ1n) is 5.29. The Morgan fingerprint density at radius 3 is 2.50 bits per heavy atom. The Kier molecular flexibility index (Phi) is 4.89. The van der Waals surface area contributed by atoms with Gasteiger partial charge in [-0.25, -0.2) is 8.42 Å². The molecule has 1 unspecified atom stereocenters. The van der Waals surface area contributed by atoms with E-state index in [1.807, 2.05) is 12.1 Å². The molecule has 0 saturated carbocycles. The Morgan fingerprint density at radius 1 is 1.31 bits per heavy atom. The highest BCUT2D eigenvalue weighted by Gasteiger charge is 2.08. The highest BCUT2D eigenvalue weighted by Crippen LogP contribution is 2.05. The van der Waals surface area contributed by atoms with Gasteiger partial charge in [0.05, 0.1) is 5.75 Å². The number of hydrogen-bond acceptors (Lipinski definition) is 4. The number of aryl methyl sites for hydroxylation is 1. The van der Waals surface area contributed by atoms with Crippen LogP contribution in [0.3, 0.4) is 0 Å². The second-order valence-electron chi connectivity index (χ2n) is 4.07. The summed E-state index contributed by atoms with van der Waals surface area (Å²) in [6, 6.07) is 3.84. The zero-order valence-corrected chi connectivity index (χ0v) is 10.3. The molecule has 0 aliphatic rings. The number of pyridine rings is 1. The quantitative estimate of drug-likeness (QED) is 0.800. The molecule has 0 radical (unpaired) electrons. The molecule has 2 N–H and O–H groups in total. The van der Waals surface area contributed by atoms with Gasteiger partial charge in [0.15, 0.2) is 0 Å². The lowest BCUT2D eigenvalue weighted by molar-refractivity contribution is 0.570. The van der Waals surface area contributed by atoms with Crippen molar-refractivity contribution in [3.8, 4) is 0 Å². The number of nitrogens with zero attached hydrogens (tertiary/aromatic N) is 1. The van der Waals surface area contributed by atoms with Gasteiger partial charge in [-0.05, 0) is 37.0 Å². The maximum absolute atomic E-state index is 10.9. The zero-order valence-electron chi connectivity index (χ0n) is 9.46. The molecule has 1 atom stereocenters. The molecule has 1 aromatic rings. The van der Waals surface area contributed by atoms with Gasteiger partial charge in [-0.15, -0.1) is 0 Å². The first-order chi connectivity index (χ1) is 7.47. The summed E-state index contributed by atoms with van der Waals surface area (Å²) in [5, 5.41) is 0. The second-order valence-corrected chi connectivity index (χ2v) is 6.33. The number of hydrogen-bond donors (Lipinski definition) is 1. The highest BCUT2D eigenvalue weighted by molar-refractivity contribution is 7.90. The smallest absolute Gasteiger partial charge is 0.147 e. The Balaban J connectivity index is 2.28. The van der Waals surface area contributed by atoms with Crippen molar-refractivity contribution >= 4 is 9.84 Å². The number of rotatable bonds is 6. The van der Waals surface area contributed by atoms with E-state index in [9.17, 15) is 8.42 Å². The predicted molar refractivity (Wildman–Crippen MR) is 64.9 cm³/mol. The summed E-state index contributed by atoms with van der Waals surface area (Å²) >= 11 is 0. The van der Waals surface area contributed by atoms with Crippen LogP contribution in [-0.2, 0) is 16.3 Å². The minimum atomic E-state index is -2.89. The molecule has 4 nitrogen and oxygen atoms in total. The minimum absolute atomic E-state index is 0.0529. The second kappa shape index (κ2) is 5.96. The first kappa shape index (κ1) is 13.1. The van der Waals surface area contributed by atoms with Crippen molar-refractivity contribution in [3.05, 3.63) is 30.1 Å². The fourth-order valence-electron chi connectivity index (χ4n) is 1.41. The van der Waals surface area contributed by atoms with E-state index in [4.69, 9.17) is 5.73 Å². The normalized spacial score (nSPS) is 13.6. The van der Waals surface area contributed by atoms with Crippen LogP contribution in [0, 0.1) is 0 Å². The molecule has 1 rings (SSSR count). The molecule has 0 fully saturated rings. The number of aromatic nitrogens is 1. The molecule has 0 bridgehead atoms. The van der Waals surface area contributed by atoms with Gasteiger partial charge in [0.1, 0.15) is 9.84 Å². The third kappa shape index (κ3) is 5.82. The van der Waals surface area contributed by atoms with Crippen molar-refractivity contribution in [3.63, 3.8) is 0 Å². The fraction of sp³-hybridized carbons (Fsp3) is 0.545. The van der Waals surface area contributed by atoms with Gasteiger partial charge in [0.25, 0.3) is 0 Å². The van der Waals surface area contributed by atoms with Gasteiger partial charge in [-0.2, -0.15) is 0 Å². The largest absolute Gasteiger partial charge is 0.328 e. The predicted octanol–water partition coefficient (Wildman–Crippen LogP) is 0.776. The van der Waals surface area contributed by atoms with Crippen LogP contribution in [0.4, 0.5) is 0 Å². The Morgan fingerprint density at radius 2 is 1.94 bits per heavy atom. The average molecular weight is 242 g/mol. The maximum Gasteiger partial charge on any atom is 0.147 e. The van der Waals surface area contributed by atoms with E-state index in [1.165, 1.54) is 11.8 Å². The summed E-state index contributed by atoms with van der Waals surface area (Å²) in [6.45, 7) is 0. The molecule has 0 saturated heterocycles. The van der Waals surface area contributed by atoms with E-state index < -0.39 is 9.84 Å². The van der Waals surface area contributed by atoms with Gasteiger partial charge in [-0.1, -0.05) is 0 Å². The minimum Gasteiger partial charge on any atom is -0.328 e. The molecular weight excluding hydrogens is 224 g/mol. The molecule has 0 aliphatic carbocycles. The van der Waals surface area contributed by atoms with E-state index in [0.717, 1.165) is 12.8 Å². The topological polar surface area (TPSA) is 73.0 Å². The van der Waals surface area contributed by atoms with E-state index in [-0.39, 0.29) is 11.8 Å². The van der Waals surface area contributed by atoms with Crippen LogP contribution >= 0.6 is 0 Å². The molecule has 1 heterocycles. The Hall–Kier alpha value is -0.940. The lowest BCUT2D eigenvalue weighted by Gasteiger charge is -2.10. The van der Waals surface area contributed by atoms with Crippen LogP contribution in [0.2, 0.25) is 0 Å². The van der Waals surface area contributed by atoms with E-state index >= 15 is 0 Å². The highest BCUT2D eigenvalue weighted by atomic mass is 32.2. The average Bonchev–Trinajstić information content (AvgIpc) is 2.24. The lowest BCUT2D eigenvalue weighted by Crippen LogP contribution is -2.24.